The van der Waals surface area contributed by atoms with Gasteiger partial charge < -0.3 is 19.9 Å². The zero-order chi connectivity index (χ0) is 22.8. The van der Waals surface area contributed by atoms with Gasteiger partial charge in [0, 0.05) is 29.8 Å². The first kappa shape index (κ1) is 22.0. The molecule has 1 aliphatic rings. The van der Waals surface area contributed by atoms with Crippen molar-refractivity contribution < 1.29 is 9.90 Å². The highest BCUT2D eigenvalue weighted by molar-refractivity contribution is 7.80. The summed E-state index contributed by atoms with van der Waals surface area (Å²) in [6, 6.07) is 15.2. The van der Waals surface area contributed by atoms with E-state index in [1.165, 1.54) is 5.56 Å². The summed E-state index contributed by atoms with van der Waals surface area (Å²) in [5, 5.41) is 13.5. The van der Waals surface area contributed by atoms with Crippen molar-refractivity contribution in [2.45, 2.75) is 45.7 Å². The lowest BCUT2D eigenvalue weighted by molar-refractivity contribution is 0.0697. The summed E-state index contributed by atoms with van der Waals surface area (Å²) in [5.41, 5.74) is 5.60. The summed E-state index contributed by atoms with van der Waals surface area (Å²) < 4.78 is 2.18. The topological polar surface area (TPSA) is 70.4 Å². The van der Waals surface area contributed by atoms with Gasteiger partial charge >= 0.3 is 5.97 Å². The van der Waals surface area contributed by atoms with Crippen molar-refractivity contribution in [3.8, 4) is 5.69 Å². The molecular weight excluding hydrogens is 420 g/mol. The summed E-state index contributed by atoms with van der Waals surface area (Å²) in [6.07, 6.45) is 3.97. The molecule has 2 aromatic heterocycles. The highest BCUT2D eigenvalue weighted by atomic mass is 32.1. The SMILES string of the molecule is CCCCN1C(=S)N[C@@H](c2ccccn2)[C@@H]1c1cc(C)n(-c2ccc(C(=O)O)cc2)c1C. The number of rotatable bonds is 7. The van der Waals surface area contributed by atoms with Crippen molar-refractivity contribution in [2.24, 2.45) is 0 Å². The van der Waals surface area contributed by atoms with Gasteiger partial charge in [-0.05, 0) is 80.5 Å². The van der Waals surface area contributed by atoms with Crippen LogP contribution in [0.5, 0.6) is 0 Å². The summed E-state index contributed by atoms with van der Waals surface area (Å²) in [5.74, 6) is -0.923. The van der Waals surface area contributed by atoms with E-state index in [-0.39, 0.29) is 17.6 Å². The summed E-state index contributed by atoms with van der Waals surface area (Å²) in [4.78, 5) is 18.2. The Balaban J connectivity index is 1.79. The molecule has 0 saturated carbocycles. The molecule has 1 aliphatic heterocycles. The van der Waals surface area contributed by atoms with Crippen LogP contribution in [-0.2, 0) is 0 Å². The quantitative estimate of drug-likeness (QED) is 0.498. The first-order chi connectivity index (χ1) is 15.4. The van der Waals surface area contributed by atoms with Crippen LogP contribution in [0.1, 0.15) is 64.9 Å². The van der Waals surface area contributed by atoms with Crippen molar-refractivity contribution in [1.29, 1.82) is 0 Å². The van der Waals surface area contributed by atoms with Gasteiger partial charge in [-0.25, -0.2) is 4.79 Å². The molecule has 0 spiro atoms. The van der Waals surface area contributed by atoms with Gasteiger partial charge in [0.05, 0.1) is 23.3 Å². The molecular formula is C25H28N4O2S. The van der Waals surface area contributed by atoms with Gasteiger partial charge in [0.15, 0.2) is 5.11 Å². The number of hydrogen-bond acceptors (Lipinski definition) is 3. The number of nitrogens with zero attached hydrogens (tertiary/aromatic N) is 3. The number of nitrogens with one attached hydrogen (secondary N) is 1. The highest BCUT2D eigenvalue weighted by Gasteiger charge is 2.41. The van der Waals surface area contributed by atoms with E-state index in [4.69, 9.17) is 12.2 Å². The van der Waals surface area contributed by atoms with Crippen molar-refractivity contribution in [1.82, 2.24) is 19.8 Å². The number of carboxylic acid groups (broad SMARTS) is 1. The molecule has 0 radical (unpaired) electrons. The van der Waals surface area contributed by atoms with E-state index in [2.05, 4.69) is 46.6 Å². The normalized spacial score (nSPS) is 18.1. The molecule has 3 heterocycles. The second-order valence-corrected chi connectivity index (χ2v) is 8.57. The van der Waals surface area contributed by atoms with E-state index in [9.17, 15) is 9.90 Å². The minimum absolute atomic E-state index is 0.0298. The average molecular weight is 449 g/mol. The Labute approximate surface area is 193 Å². The maximum Gasteiger partial charge on any atom is 0.335 e. The lowest BCUT2D eigenvalue weighted by Gasteiger charge is -2.28. The molecule has 2 atom stereocenters. The molecule has 4 rings (SSSR count). The Hall–Kier alpha value is -3.19. The van der Waals surface area contributed by atoms with Crippen molar-refractivity contribution in [2.75, 3.05) is 6.54 Å². The molecule has 0 aliphatic carbocycles. The fourth-order valence-electron chi connectivity index (χ4n) is 4.55. The third-order valence-electron chi connectivity index (χ3n) is 6.11. The number of aromatic nitrogens is 2. The summed E-state index contributed by atoms with van der Waals surface area (Å²) in [6.45, 7) is 7.26. The molecule has 3 aromatic rings. The van der Waals surface area contributed by atoms with Crippen LogP contribution in [-0.4, -0.2) is 37.2 Å². The van der Waals surface area contributed by atoms with E-state index < -0.39 is 5.97 Å². The third kappa shape index (κ3) is 4.00. The number of carbonyl (C=O) groups is 1. The van der Waals surface area contributed by atoms with E-state index in [0.29, 0.717) is 0 Å². The number of aryl methyl sites for hydroxylation is 1. The van der Waals surface area contributed by atoms with Gasteiger partial charge in [-0.1, -0.05) is 19.4 Å². The number of hydrogen-bond donors (Lipinski definition) is 2. The molecule has 6 nitrogen and oxygen atoms in total. The highest BCUT2D eigenvalue weighted by Crippen LogP contribution is 2.41. The van der Waals surface area contributed by atoms with Crippen LogP contribution in [0.2, 0.25) is 0 Å². The monoisotopic (exact) mass is 448 g/mol. The molecule has 32 heavy (non-hydrogen) atoms. The molecule has 0 unspecified atom stereocenters. The molecule has 1 saturated heterocycles. The first-order valence-corrected chi connectivity index (χ1v) is 11.3. The Morgan fingerprint density at radius 2 is 1.94 bits per heavy atom. The third-order valence-corrected chi connectivity index (χ3v) is 6.46. The largest absolute Gasteiger partial charge is 0.478 e. The van der Waals surface area contributed by atoms with Gasteiger partial charge in [0.25, 0.3) is 0 Å². The van der Waals surface area contributed by atoms with Crippen LogP contribution in [0, 0.1) is 13.8 Å². The van der Waals surface area contributed by atoms with Crippen molar-refractivity contribution in [3.63, 3.8) is 0 Å². The van der Waals surface area contributed by atoms with Crippen LogP contribution in [0.4, 0.5) is 0 Å². The van der Waals surface area contributed by atoms with Crippen molar-refractivity contribution >= 4 is 23.3 Å². The summed E-state index contributed by atoms with van der Waals surface area (Å²) >= 11 is 5.75. The van der Waals surface area contributed by atoms with E-state index in [1.807, 2.05) is 36.5 Å². The van der Waals surface area contributed by atoms with E-state index >= 15 is 0 Å². The smallest absolute Gasteiger partial charge is 0.335 e. The van der Waals surface area contributed by atoms with Crippen LogP contribution in [0.3, 0.4) is 0 Å². The number of carboxylic acids is 1. The zero-order valence-electron chi connectivity index (χ0n) is 18.6. The number of thiocarbonyl (C=S) groups is 1. The van der Waals surface area contributed by atoms with Gasteiger partial charge in [0.2, 0.25) is 0 Å². The van der Waals surface area contributed by atoms with Crippen LogP contribution in [0.25, 0.3) is 5.69 Å². The van der Waals surface area contributed by atoms with Crippen LogP contribution >= 0.6 is 12.2 Å². The fourth-order valence-corrected chi connectivity index (χ4v) is 4.88. The lowest BCUT2D eigenvalue weighted by atomic mass is 9.96. The van der Waals surface area contributed by atoms with Crippen LogP contribution in [0.15, 0.2) is 54.7 Å². The molecule has 0 amide bonds. The second kappa shape index (κ2) is 9.12. The Morgan fingerprint density at radius 3 is 2.56 bits per heavy atom. The average Bonchev–Trinajstić information content (AvgIpc) is 3.27. The van der Waals surface area contributed by atoms with Gasteiger partial charge in [-0.2, -0.15) is 0 Å². The second-order valence-electron chi connectivity index (χ2n) is 8.19. The van der Waals surface area contributed by atoms with E-state index in [0.717, 1.165) is 47.3 Å². The number of aromatic carboxylic acids is 1. The molecule has 2 N–H and O–H groups in total. The lowest BCUT2D eigenvalue weighted by Crippen LogP contribution is -2.30. The minimum Gasteiger partial charge on any atom is -0.478 e. The molecule has 0 bridgehead atoms. The zero-order valence-corrected chi connectivity index (χ0v) is 19.4. The fraction of sp³-hybridized carbons (Fsp3) is 0.320. The molecule has 7 heteroatoms. The predicted molar refractivity (Wildman–Crippen MR) is 129 cm³/mol. The van der Waals surface area contributed by atoms with E-state index in [1.54, 1.807) is 12.1 Å². The predicted octanol–water partition coefficient (Wildman–Crippen LogP) is 4.96. The number of pyridine rings is 1. The first-order valence-electron chi connectivity index (χ1n) is 10.9. The number of benzene rings is 1. The Kier molecular flexibility index (Phi) is 6.28. The molecule has 1 aromatic carbocycles. The summed E-state index contributed by atoms with van der Waals surface area (Å²) in [7, 11) is 0. The standard InChI is InChI=1S/C25H28N4O2S/c1-4-5-14-28-23(22(27-25(28)32)21-8-6-7-13-26-21)20-15-16(2)29(17(20)3)19-11-9-18(10-12-19)24(30)31/h6-13,15,22-23H,4-5,14H2,1-3H3,(H,27,32)(H,30,31)/t22-,23-/m0/s1. The van der Waals surface area contributed by atoms with Gasteiger partial charge in [-0.15, -0.1) is 0 Å². The number of unbranched alkanes of at least 4 members (excludes halogenated alkanes) is 1. The van der Waals surface area contributed by atoms with Gasteiger partial charge in [-0.3, -0.25) is 4.98 Å². The Morgan fingerprint density at radius 1 is 1.19 bits per heavy atom. The molecule has 166 valence electrons. The molecule has 1 fully saturated rings. The maximum atomic E-state index is 11.2. The Bertz CT molecular complexity index is 1120. The maximum absolute atomic E-state index is 11.2. The minimum atomic E-state index is -0.923. The van der Waals surface area contributed by atoms with Gasteiger partial charge in [0.1, 0.15) is 0 Å². The van der Waals surface area contributed by atoms with Crippen molar-refractivity contribution in [3.05, 3.63) is 82.9 Å². The van der Waals surface area contributed by atoms with Crippen LogP contribution < -0.4 is 5.32 Å².